The van der Waals surface area contributed by atoms with Gasteiger partial charge in [-0.05, 0) is 50.4 Å². The van der Waals surface area contributed by atoms with Gasteiger partial charge in [0.2, 0.25) is 10.0 Å². The number of likely N-dealkylation sites (tertiary alicyclic amines) is 1. The summed E-state index contributed by atoms with van der Waals surface area (Å²) >= 11 is 0. The van der Waals surface area contributed by atoms with Crippen LogP contribution in [0.5, 0.6) is 0 Å². The van der Waals surface area contributed by atoms with Crippen molar-refractivity contribution in [2.24, 2.45) is 0 Å². The maximum absolute atomic E-state index is 13.5. The van der Waals surface area contributed by atoms with Crippen molar-refractivity contribution in [2.45, 2.75) is 36.1 Å². The Labute approximate surface area is 141 Å². The van der Waals surface area contributed by atoms with E-state index in [1.165, 1.54) is 4.31 Å². The minimum Gasteiger partial charge on any atom is -0.293 e. The third-order valence-corrected chi connectivity index (χ3v) is 6.98. The Bertz CT molecular complexity index is 738. The molecule has 0 bridgehead atoms. The molecule has 7 heteroatoms. The Hall–Kier alpha value is -1.31. The van der Waals surface area contributed by atoms with Gasteiger partial charge in [-0.1, -0.05) is 6.08 Å². The van der Waals surface area contributed by atoms with Crippen LogP contribution < -0.4 is 0 Å². The molecule has 4 nitrogen and oxygen atoms in total. The summed E-state index contributed by atoms with van der Waals surface area (Å²) in [6, 6.07) is 2.76. The maximum atomic E-state index is 13.5. The lowest BCUT2D eigenvalue weighted by Gasteiger charge is -2.45. The van der Waals surface area contributed by atoms with Gasteiger partial charge in [-0.25, -0.2) is 17.2 Å². The Morgan fingerprint density at radius 2 is 1.88 bits per heavy atom. The summed E-state index contributed by atoms with van der Waals surface area (Å²) in [5.41, 5.74) is -0.169. The van der Waals surface area contributed by atoms with Gasteiger partial charge in [0.05, 0.1) is 4.90 Å². The number of sulfonamides is 1. The fourth-order valence-electron chi connectivity index (χ4n) is 3.96. The van der Waals surface area contributed by atoms with Crippen molar-refractivity contribution < 1.29 is 17.2 Å². The van der Waals surface area contributed by atoms with Crippen LogP contribution in [0.1, 0.15) is 25.7 Å². The largest absolute Gasteiger partial charge is 0.293 e. The highest BCUT2D eigenvalue weighted by Gasteiger charge is 2.46. The lowest BCUT2D eigenvalue weighted by Crippen LogP contribution is -2.56. The second-order valence-corrected chi connectivity index (χ2v) is 8.52. The molecule has 2 aliphatic rings. The zero-order valence-corrected chi connectivity index (χ0v) is 14.4. The standard InChI is InChI=1S/C17H22F2N2O2S/c1-2-9-20-10-3-7-17(20)8-4-11-21(13-17)24(22,23)14-5-6-15(18)16(19)12-14/h2,5-6,12H,1,3-4,7-11,13H2/t17-/m0/s1. The van der Waals surface area contributed by atoms with Gasteiger partial charge in [0, 0.05) is 25.2 Å². The molecule has 24 heavy (non-hydrogen) atoms. The summed E-state index contributed by atoms with van der Waals surface area (Å²) < 4.78 is 53.7. The van der Waals surface area contributed by atoms with E-state index in [2.05, 4.69) is 11.5 Å². The molecule has 1 aromatic rings. The number of halogens is 2. The molecule has 0 amide bonds. The Kier molecular flexibility index (Phi) is 4.77. The molecule has 2 fully saturated rings. The predicted molar refractivity (Wildman–Crippen MR) is 88.1 cm³/mol. The maximum Gasteiger partial charge on any atom is 0.243 e. The van der Waals surface area contributed by atoms with Gasteiger partial charge < -0.3 is 0 Å². The Morgan fingerprint density at radius 3 is 2.54 bits per heavy atom. The first-order valence-corrected chi connectivity index (χ1v) is 9.64. The first kappa shape index (κ1) is 17.5. The van der Waals surface area contributed by atoms with Crippen molar-refractivity contribution in [3.63, 3.8) is 0 Å². The molecule has 1 aromatic carbocycles. The van der Waals surface area contributed by atoms with E-state index in [1.807, 2.05) is 6.08 Å². The van der Waals surface area contributed by atoms with E-state index >= 15 is 0 Å². The van der Waals surface area contributed by atoms with Crippen molar-refractivity contribution >= 4 is 10.0 Å². The molecular weight excluding hydrogens is 334 g/mol. The van der Waals surface area contributed by atoms with Crippen molar-refractivity contribution in [1.82, 2.24) is 9.21 Å². The number of benzene rings is 1. The summed E-state index contributed by atoms with van der Waals surface area (Å²) in [4.78, 5) is 2.11. The molecule has 0 aliphatic carbocycles. The Balaban J connectivity index is 1.88. The lowest BCUT2D eigenvalue weighted by molar-refractivity contribution is 0.0841. The Morgan fingerprint density at radius 1 is 1.17 bits per heavy atom. The number of hydrogen-bond acceptors (Lipinski definition) is 3. The number of hydrogen-bond donors (Lipinski definition) is 0. The molecule has 2 saturated heterocycles. The average molecular weight is 356 g/mol. The molecule has 0 saturated carbocycles. The van der Waals surface area contributed by atoms with Crippen molar-refractivity contribution in [2.75, 3.05) is 26.2 Å². The summed E-state index contributed by atoms with van der Waals surface area (Å²) in [5.74, 6) is -2.19. The van der Waals surface area contributed by atoms with E-state index in [-0.39, 0.29) is 10.4 Å². The topological polar surface area (TPSA) is 40.6 Å². The quantitative estimate of drug-likeness (QED) is 0.779. The predicted octanol–water partition coefficient (Wildman–Crippen LogP) is 2.77. The first-order valence-electron chi connectivity index (χ1n) is 8.20. The van der Waals surface area contributed by atoms with E-state index in [1.54, 1.807) is 0 Å². The van der Waals surface area contributed by atoms with Gasteiger partial charge in [-0.2, -0.15) is 4.31 Å². The van der Waals surface area contributed by atoms with E-state index in [0.717, 1.165) is 57.0 Å². The van der Waals surface area contributed by atoms with Crippen LogP contribution in [0.15, 0.2) is 35.7 Å². The molecule has 1 spiro atoms. The van der Waals surface area contributed by atoms with Crippen LogP contribution in [0.25, 0.3) is 0 Å². The highest BCUT2D eigenvalue weighted by molar-refractivity contribution is 7.89. The van der Waals surface area contributed by atoms with Gasteiger partial charge in [-0.3, -0.25) is 4.90 Å². The molecule has 0 aromatic heterocycles. The van der Waals surface area contributed by atoms with Crippen LogP contribution in [-0.4, -0.2) is 49.3 Å². The molecule has 0 N–H and O–H groups in total. The summed E-state index contributed by atoms with van der Waals surface area (Å²) in [7, 11) is -3.83. The van der Waals surface area contributed by atoms with Crippen molar-refractivity contribution in [3.8, 4) is 0 Å². The summed E-state index contributed by atoms with van der Waals surface area (Å²) in [6.45, 7) is 6.25. The van der Waals surface area contributed by atoms with Gasteiger partial charge in [-0.15, -0.1) is 6.58 Å². The molecule has 1 atom stereocenters. The summed E-state index contributed by atoms with van der Waals surface area (Å²) in [5, 5.41) is 0. The average Bonchev–Trinajstić information content (AvgIpc) is 2.92. The van der Waals surface area contributed by atoms with Gasteiger partial charge in [0.15, 0.2) is 11.6 Å². The van der Waals surface area contributed by atoms with Crippen LogP contribution in [0.3, 0.4) is 0 Å². The van der Waals surface area contributed by atoms with E-state index in [4.69, 9.17) is 0 Å². The number of piperidine rings is 1. The number of nitrogens with zero attached hydrogens (tertiary/aromatic N) is 2. The third-order valence-electron chi connectivity index (χ3n) is 5.14. The SMILES string of the molecule is C=CCN1CCC[C@@]12CCCN(S(=O)(=O)c1ccc(F)c(F)c1)C2. The van der Waals surface area contributed by atoms with Crippen LogP contribution in [-0.2, 0) is 10.0 Å². The fourth-order valence-corrected chi connectivity index (χ4v) is 5.53. The van der Waals surface area contributed by atoms with Crippen molar-refractivity contribution in [3.05, 3.63) is 42.5 Å². The van der Waals surface area contributed by atoms with Crippen LogP contribution in [0.2, 0.25) is 0 Å². The first-order chi connectivity index (χ1) is 11.4. The van der Waals surface area contributed by atoms with E-state index in [9.17, 15) is 17.2 Å². The van der Waals surface area contributed by atoms with Gasteiger partial charge >= 0.3 is 0 Å². The fraction of sp³-hybridized carbons (Fsp3) is 0.529. The van der Waals surface area contributed by atoms with E-state index in [0.29, 0.717) is 13.1 Å². The van der Waals surface area contributed by atoms with Crippen LogP contribution >= 0.6 is 0 Å². The normalized spacial score (nSPS) is 26.1. The second kappa shape index (κ2) is 6.54. The van der Waals surface area contributed by atoms with Crippen LogP contribution in [0, 0.1) is 11.6 Å². The van der Waals surface area contributed by atoms with Crippen molar-refractivity contribution in [1.29, 1.82) is 0 Å². The molecule has 132 valence electrons. The van der Waals surface area contributed by atoms with E-state index < -0.39 is 21.7 Å². The monoisotopic (exact) mass is 356 g/mol. The smallest absolute Gasteiger partial charge is 0.243 e. The zero-order chi connectivity index (χ0) is 17.4. The lowest BCUT2D eigenvalue weighted by atomic mass is 9.87. The molecule has 3 rings (SSSR count). The third kappa shape index (κ3) is 3.00. The minimum atomic E-state index is -3.83. The molecule has 2 heterocycles. The van der Waals surface area contributed by atoms with Gasteiger partial charge in [0.25, 0.3) is 0 Å². The summed E-state index contributed by atoms with van der Waals surface area (Å²) in [6.07, 6.45) is 5.54. The highest BCUT2D eigenvalue weighted by atomic mass is 32.2. The molecule has 2 aliphatic heterocycles. The van der Waals surface area contributed by atoms with Gasteiger partial charge in [0.1, 0.15) is 0 Å². The molecule has 0 radical (unpaired) electrons. The number of rotatable bonds is 4. The zero-order valence-electron chi connectivity index (χ0n) is 13.5. The molecular formula is C17H22F2N2O2S. The highest BCUT2D eigenvalue weighted by Crippen LogP contribution is 2.38. The van der Waals surface area contributed by atoms with Crippen LogP contribution in [0.4, 0.5) is 8.78 Å². The minimum absolute atomic E-state index is 0.169. The second-order valence-electron chi connectivity index (χ2n) is 6.58. The molecule has 0 unspecified atom stereocenters.